The van der Waals surface area contributed by atoms with E-state index in [0.29, 0.717) is 19.5 Å². The summed E-state index contributed by atoms with van der Waals surface area (Å²) in [5.74, 6) is -0.911. The molecule has 0 aliphatic carbocycles. The number of amides is 2. The summed E-state index contributed by atoms with van der Waals surface area (Å²) < 4.78 is 0. The lowest BCUT2D eigenvalue weighted by atomic mass is 10.2. The summed E-state index contributed by atoms with van der Waals surface area (Å²) >= 11 is 0. The van der Waals surface area contributed by atoms with Crippen LogP contribution in [-0.2, 0) is 4.79 Å². The molecule has 1 unspecified atom stereocenters. The van der Waals surface area contributed by atoms with Gasteiger partial charge in [0.2, 0.25) is 0 Å². The smallest absolute Gasteiger partial charge is 0.326 e. The minimum atomic E-state index is -0.911. The average Bonchev–Trinajstić information content (AvgIpc) is 2.83. The Morgan fingerprint density at radius 1 is 1.39 bits per heavy atom. The van der Waals surface area contributed by atoms with Crippen LogP contribution in [0.4, 0.5) is 4.79 Å². The third-order valence-corrected chi connectivity index (χ3v) is 3.40. The first-order chi connectivity index (χ1) is 8.60. The monoisotopic (exact) mass is 257 g/mol. The van der Waals surface area contributed by atoms with Crippen LogP contribution in [0.5, 0.6) is 0 Å². The first-order valence-corrected chi connectivity index (χ1v) is 6.59. The van der Waals surface area contributed by atoms with E-state index in [-0.39, 0.29) is 6.03 Å². The largest absolute Gasteiger partial charge is 0.480 e. The molecule has 1 aliphatic heterocycles. The number of hydrogen-bond donors (Lipinski definition) is 2. The molecule has 6 heteroatoms. The Labute approximate surface area is 108 Å². The maximum Gasteiger partial charge on any atom is 0.326 e. The van der Waals surface area contributed by atoms with Gasteiger partial charge in [0.25, 0.3) is 0 Å². The zero-order chi connectivity index (χ0) is 13.5. The molecule has 104 valence electrons. The molecular formula is C12H23N3O3. The summed E-state index contributed by atoms with van der Waals surface area (Å²) in [6.07, 6.45) is 1.32. The van der Waals surface area contributed by atoms with E-state index < -0.39 is 12.0 Å². The van der Waals surface area contributed by atoms with Crippen LogP contribution in [-0.4, -0.2) is 65.7 Å². The second-order valence-corrected chi connectivity index (χ2v) is 4.45. The number of likely N-dealkylation sites (tertiary alicyclic amines) is 1. The van der Waals surface area contributed by atoms with Gasteiger partial charge in [0.15, 0.2) is 0 Å². The average molecular weight is 257 g/mol. The fourth-order valence-corrected chi connectivity index (χ4v) is 2.23. The number of carboxylic acids is 1. The fraction of sp³-hybridized carbons (Fsp3) is 0.833. The van der Waals surface area contributed by atoms with E-state index in [4.69, 9.17) is 5.11 Å². The molecule has 1 fully saturated rings. The minimum Gasteiger partial charge on any atom is -0.480 e. The lowest BCUT2D eigenvalue weighted by Crippen LogP contribution is -2.47. The lowest BCUT2D eigenvalue weighted by Gasteiger charge is -2.23. The van der Waals surface area contributed by atoms with Crippen molar-refractivity contribution in [1.82, 2.24) is 15.1 Å². The number of carbonyl (C=O) groups is 2. The molecule has 0 radical (unpaired) electrons. The van der Waals surface area contributed by atoms with Gasteiger partial charge in [-0.05, 0) is 25.9 Å². The number of nitrogens with one attached hydrogen (secondary N) is 1. The second kappa shape index (κ2) is 7.20. The number of likely N-dealkylation sites (N-methyl/N-ethyl adjacent to an activating group) is 1. The molecule has 18 heavy (non-hydrogen) atoms. The van der Waals surface area contributed by atoms with E-state index in [1.165, 1.54) is 4.90 Å². The van der Waals surface area contributed by atoms with Gasteiger partial charge in [-0.3, -0.25) is 0 Å². The van der Waals surface area contributed by atoms with Gasteiger partial charge in [0.1, 0.15) is 6.04 Å². The molecule has 0 aromatic heterocycles. The maximum absolute atomic E-state index is 11.9. The van der Waals surface area contributed by atoms with Crippen LogP contribution in [0.15, 0.2) is 0 Å². The molecule has 0 aromatic rings. The van der Waals surface area contributed by atoms with Crippen LogP contribution in [0.3, 0.4) is 0 Å². The van der Waals surface area contributed by atoms with Gasteiger partial charge < -0.3 is 20.2 Å². The van der Waals surface area contributed by atoms with Crippen molar-refractivity contribution in [3.63, 3.8) is 0 Å². The number of hydrogen-bond acceptors (Lipinski definition) is 3. The van der Waals surface area contributed by atoms with Crippen molar-refractivity contribution < 1.29 is 14.7 Å². The van der Waals surface area contributed by atoms with E-state index in [9.17, 15) is 9.59 Å². The SMILES string of the molecule is CCN(CC)CCNC(=O)N1CCCC1C(=O)O. The predicted octanol–water partition coefficient (Wildman–Crippen LogP) is 0.587. The topological polar surface area (TPSA) is 72.9 Å². The summed E-state index contributed by atoms with van der Waals surface area (Å²) in [5.41, 5.74) is 0. The van der Waals surface area contributed by atoms with Gasteiger partial charge in [-0.15, -0.1) is 0 Å². The van der Waals surface area contributed by atoms with Gasteiger partial charge >= 0.3 is 12.0 Å². The summed E-state index contributed by atoms with van der Waals surface area (Å²) in [7, 11) is 0. The molecule has 1 heterocycles. The van der Waals surface area contributed by atoms with Crippen LogP contribution in [0, 0.1) is 0 Å². The van der Waals surface area contributed by atoms with Crippen molar-refractivity contribution in [1.29, 1.82) is 0 Å². The Hall–Kier alpha value is -1.30. The molecule has 0 bridgehead atoms. The lowest BCUT2D eigenvalue weighted by molar-refractivity contribution is -0.141. The quantitative estimate of drug-likeness (QED) is 0.730. The zero-order valence-electron chi connectivity index (χ0n) is 11.2. The molecule has 1 rings (SSSR count). The number of carboxylic acid groups (broad SMARTS) is 1. The van der Waals surface area contributed by atoms with E-state index >= 15 is 0 Å². The third-order valence-electron chi connectivity index (χ3n) is 3.40. The molecule has 1 saturated heterocycles. The number of rotatable bonds is 6. The van der Waals surface area contributed by atoms with E-state index in [1.807, 2.05) is 0 Å². The van der Waals surface area contributed by atoms with Crippen LogP contribution in [0.2, 0.25) is 0 Å². The first-order valence-electron chi connectivity index (χ1n) is 6.59. The number of nitrogens with zero attached hydrogens (tertiary/aromatic N) is 2. The van der Waals surface area contributed by atoms with Crippen molar-refractivity contribution in [3.8, 4) is 0 Å². The molecule has 1 aliphatic rings. The van der Waals surface area contributed by atoms with Gasteiger partial charge in [-0.2, -0.15) is 0 Å². The van der Waals surface area contributed by atoms with Gasteiger partial charge in [-0.1, -0.05) is 13.8 Å². The molecule has 6 nitrogen and oxygen atoms in total. The molecule has 0 saturated carbocycles. The van der Waals surface area contributed by atoms with Gasteiger partial charge in [-0.25, -0.2) is 9.59 Å². The molecular weight excluding hydrogens is 234 g/mol. The fourth-order valence-electron chi connectivity index (χ4n) is 2.23. The van der Waals surface area contributed by atoms with Crippen LogP contribution < -0.4 is 5.32 Å². The van der Waals surface area contributed by atoms with Crippen LogP contribution in [0.25, 0.3) is 0 Å². The summed E-state index contributed by atoms with van der Waals surface area (Å²) in [6.45, 7) is 7.95. The highest BCUT2D eigenvalue weighted by Crippen LogP contribution is 2.17. The highest BCUT2D eigenvalue weighted by Gasteiger charge is 2.33. The first kappa shape index (κ1) is 14.8. The van der Waals surface area contributed by atoms with Gasteiger partial charge in [0.05, 0.1) is 0 Å². The standard InChI is InChI=1S/C12H23N3O3/c1-3-14(4-2)9-7-13-12(18)15-8-5-6-10(15)11(16)17/h10H,3-9H2,1-2H3,(H,13,18)(H,16,17). The Balaban J connectivity index is 2.34. The summed E-state index contributed by atoms with van der Waals surface area (Å²) in [4.78, 5) is 26.4. The van der Waals surface area contributed by atoms with E-state index in [1.54, 1.807) is 0 Å². The highest BCUT2D eigenvalue weighted by molar-refractivity contribution is 5.83. The van der Waals surface area contributed by atoms with Crippen molar-refractivity contribution in [2.75, 3.05) is 32.7 Å². The molecule has 1 atom stereocenters. The van der Waals surface area contributed by atoms with Crippen molar-refractivity contribution in [2.45, 2.75) is 32.7 Å². The number of aliphatic carboxylic acids is 1. The summed E-state index contributed by atoms with van der Waals surface area (Å²) in [5, 5.41) is 11.8. The predicted molar refractivity (Wildman–Crippen MR) is 68.6 cm³/mol. The Morgan fingerprint density at radius 3 is 2.61 bits per heavy atom. The van der Waals surface area contributed by atoms with Gasteiger partial charge in [0, 0.05) is 19.6 Å². The maximum atomic E-state index is 11.9. The molecule has 0 aromatic carbocycles. The van der Waals surface area contributed by atoms with Crippen LogP contribution in [0.1, 0.15) is 26.7 Å². The Morgan fingerprint density at radius 2 is 2.06 bits per heavy atom. The molecule has 0 spiro atoms. The Bertz CT molecular complexity index is 292. The molecule has 2 N–H and O–H groups in total. The number of carbonyl (C=O) groups excluding carboxylic acids is 1. The second-order valence-electron chi connectivity index (χ2n) is 4.45. The van der Waals surface area contributed by atoms with E-state index in [2.05, 4.69) is 24.1 Å². The molecule has 2 amide bonds. The minimum absolute atomic E-state index is 0.257. The number of urea groups is 1. The zero-order valence-corrected chi connectivity index (χ0v) is 11.2. The van der Waals surface area contributed by atoms with Crippen molar-refractivity contribution >= 4 is 12.0 Å². The van der Waals surface area contributed by atoms with Crippen LogP contribution >= 0.6 is 0 Å². The van der Waals surface area contributed by atoms with Crippen molar-refractivity contribution in [2.24, 2.45) is 0 Å². The normalized spacial score (nSPS) is 19.3. The van der Waals surface area contributed by atoms with E-state index in [0.717, 1.165) is 26.1 Å². The Kier molecular flexibility index (Phi) is 5.91. The summed E-state index contributed by atoms with van der Waals surface area (Å²) in [6, 6.07) is -0.912. The third kappa shape index (κ3) is 3.87. The van der Waals surface area contributed by atoms with Crippen molar-refractivity contribution in [3.05, 3.63) is 0 Å². The highest BCUT2D eigenvalue weighted by atomic mass is 16.4.